The zero-order chi connectivity index (χ0) is 18.8. The van der Waals surface area contributed by atoms with Crippen LogP contribution in [0.1, 0.15) is 5.56 Å². The van der Waals surface area contributed by atoms with E-state index in [1.807, 2.05) is 18.2 Å². The van der Waals surface area contributed by atoms with Crippen LogP contribution in [0.15, 0.2) is 82.6 Å². The van der Waals surface area contributed by atoms with Crippen molar-refractivity contribution in [1.29, 1.82) is 5.41 Å². The van der Waals surface area contributed by atoms with Gasteiger partial charge >= 0.3 is 0 Å². The van der Waals surface area contributed by atoms with Crippen molar-refractivity contribution < 1.29 is 0 Å². The number of benzene rings is 3. The summed E-state index contributed by atoms with van der Waals surface area (Å²) in [5, 5.41) is 11.8. The second kappa shape index (κ2) is 7.51. The van der Waals surface area contributed by atoms with Crippen molar-refractivity contribution in [3.8, 4) is 0 Å². The van der Waals surface area contributed by atoms with Gasteiger partial charge in [0.2, 0.25) is 0 Å². The smallest absolute Gasteiger partial charge is 0.122 e. The maximum Gasteiger partial charge on any atom is 0.122 e. The lowest BCUT2D eigenvalue weighted by Gasteiger charge is -2.29. The van der Waals surface area contributed by atoms with Gasteiger partial charge in [-0.1, -0.05) is 47.6 Å². The van der Waals surface area contributed by atoms with E-state index in [1.165, 1.54) is 21.2 Å². The molecule has 0 saturated heterocycles. The Labute approximate surface area is 168 Å². The van der Waals surface area contributed by atoms with E-state index in [-0.39, 0.29) is 0 Å². The molecule has 3 aromatic rings. The summed E-state index contributed by atoms with van der Waals surface area (Å²) < 4.78 is 0. The molecule has 3 aromatic carbocycles. The summed E-state index contributed by atoms with van der Waals surface area (Å²) in [4.78, 5) is 4.69. The van der Waals surface area contributed by atoms with Crippen molar-refractivity contribution in [3.05, 3.63) is 83.4 Å². The minimum atomic E-state index is 0.324. The molecule has 134 valence electrons. The molecule has 0 unspecified atom stereocenters. The van der Waals surface area contributed by atoms with E-state index in [9.17, 15) is 0 Å². The van der Waals surface area contributed by atoms with Crippen molar-refractivity contribution in [2.75, 3.05) is 17.3 Å². The Hall–Kier alpha value is -2.69. The highest BCUT2D eigenvalue weighted by atomic mass is 35.5. The molecular formula is C22H18ClN3S. The Balaban J connectivity index is 1.50. The Morgan fingerprint density at radius 3 is 2.56 bits per heavy atom. The van der Waals surface area contributed by atoms with Crippen molar-refractivity contribution in [3.63, 3.8) is 0 Å². The third kappa shape index (κ3) is 3.87. The monoisotopic (exact) mass is 391 g/mol. The first-order chi connectivity index (χ1) is 13.1. The van der Waals surface area contributed by atoms with Gasteiger partial charge in [-0.25, -0.2) is 0 Å². The first-order valence-electron chi connectivity index (χ1n) is 8.54. The van der Waals surface area contributed by atoms with Gasteiger partial charge in [0.15, 0.2) is 0 Å². The molecule has 5 heteroatoms. The fourth-order valence-corrected chi connectivity index (χ4v) is 4.30. The zero-order valence-corrected chi connectivity index (χ0v) is 16.3. The third-order valence-electron chi connectivity index (χ3n) is 4.36. The summed E-state index contributed by atoms with van der Waals surface area (Å²) in [6, 6.07) is 22.1. The summed E-state index contributed by atoms with van der Waals surface area (Å²) in [5.74, 6) is 0.324. The van der Waals surface area contributed by atoms with Gasteiger partial charge in [0.05, 0.1) is 11.4 Å². The SMILES string of the molecule is CN1c2ccccc2Sc2cc(/C=C/C(=N)Nc3ccc(Cl)cc3)ccc21. The van der Waals surface area contributed by atoms with Gasteiger partial charge < -0.3 is 10.2 Å². The van der Waals surface area contributed by atoms with E-state index in [0.29, 0.717) is 10.9 Å². The normalized spacial score (nSPS) is 12.6. The summed E-state index contributed by atoms with van der Waals surface area (Å²) in [6.45, 7) is 0. The molecule has 1 aliphatic heterocycles. The van der Waals surface area contributed by atoms with Crippen molar-refractivity contribution in [2.45, 2.75) is 9.79 Å². The fraction of sp³-hybridized carbons (Fsp3) is 0.0455. The second-order valence-corrected chi connectivity index (χ2v) is 7.76. The summed E-state index contributed by atoms with van der Waals surface area (Å²) in [7, 11) is 2.10. The van der Waals surface area contributed by atoms with Crippen molar-refractivity contribution >= 4 is 52.3 Å². The number of para-hydroxylation sites is 1. The van der Waals surface area contributed by atoms with Gasteiger partial charge in [-0.2, -0.15) is 0 Å². The number of nitrogens with zero attached hydrogens (tertiary/aromatic N) is 1. The number of rotatable bonds is 3. The number of hydrogen-bond donors (Lipinski definition) is 2. The van der Waals surface area contributed by atoms with Crippen molar-refractivity contribution in [2.24, 2.45) is 0 Å². The van der Waals surface area contributed by atoms with Crippen LogP contribution in [-0.4, -0.2) is 12.9 Å². The van der Waals surface area contributed by atoms with Crippen LogP contribution >= 0.6 is 23.4 Å². The molecule has 4 rings (SSSR count). The molecule has 0 fully saturated rings. The topological polar surface area (TPSA) is 39.1 Å². The van der Waals surface area contributed by atoms with Crippen LogP contribution in [0.2, 0.25) is 5.02 Å². The van der Waals surface area contributed by atoms with Crippen LogP contribution in [-0.2, 0) is 0 Å². The average Bonchev–Trinajstić information content (AvgIpc) is 2.68. The maximum atomic E-state index is 8.10. The molecule has 1 aliphatic rings. The lowest BCUT2D eigenvalue weighted by atomic mass is 10.1. The van der Waals surface area contributed by atoms with Gasteiger partial charge in [-0.15, -0.1) is 0 Å². The molecule has 2 N–H and O–H groups in total. The molecule has 0 spiro atoms. The standard InChI is InChI=1S/C22H18ClN3S/c1-26-18-4-2-3-5-20(18)27-21-14-15(6-12-19(21)26)7-13-22(24)25-17-10-8-16(23)9-11-17/h2-14H,1H3,(H2,24,25)/b13-7+. The summed E-state index contributed by atoms with van der Waals surface area (Å²) in [5.41, 5.74) is 4.34. The van der Waals surface area contributed by atoms with Gasteiger partial charge in [-0.3, -0.25) is 5.41 Å². The highest BCUT2D eigenvalue weighted by Gasteiger charge is 2.19. The molecular weight excluding hydrogens is 374 g/mol. The van der Waals surface area contributed by atoms with Crippen LogP contribution in [0, 0.1) is 5.41 Å². The van der Waals surface area contributed by atoms with Crippen LogP contribution in [0.3, 0.4) is 0 Å². The predicted molar refractivity (Wildman–Crippen MR) is 117 cm³/mol. The van der Waals surface area contributed by atoms with Gasteiger partial charge in [0, 0.05) is 27.5 Å². The van der Waals surface area contributed by atoms with Gasteiger partial charge in [0.25, 0.3) is 0 Å². The zero-order valence-electron chi connectivity index (χ0n) is 14.7. The highest BCUT2D eigenvalue weighted by Crippen LogP contribution is 2.47. The number of hydrogen-bond acceptors (Lipinski definition) is 3. The molecule has 0 aliphatic carbocycles. The van der Waals surface area contributed by atoms with E-state index in [0.717, 1.165) is 11.3 Å². The van der Waals surface area contributed by atoms with E-state index in [4.69, 9.17) is 17.0 Å². The predicted octanol–water partition coefficient (Wildman–Crippen LogP) is 6.68. The number of anilines is 3. The molecule has 1 heterocycles. The van der Waals surface area contributed by atoms with Crippen LogP contribution in [0.5, 0.6) is 0 Å². The van der Waals surface area contributed by atoms with E-state index >= 15 is 0 Å². The van der Waals surface area contributed by atoms with E-state index in [1.54, 1.807) is 30.0 Å². The molecule has 0 radical (unpaired) electrons. The first-order valence-corrected chi connectivity index (χ1v) is 9.73. The fourth-order valence-electron chi connectivity index (χ4n) is 2.97. The lowest BCUT2D eigenvalue weighted by molar-refractivity contribution is 1.11. The minimum Gasteiger partial charge on any atom is -0.343 e. The number of halogens is 1. The van der Waals surface area contributed by atoms with Crippen molar-refractivity contribution in [1.82, 2.24) is 0 Å². The second-order valence-electron chi connectivity index (χ2n) is 6.23. The lowest BCUT2D eigenvalue weighted by Crippen LogP contribution is -2.14. The molecule has 0 aromatic heterocycles. The van der Waals surface area contributed by atoms with E-state index < -0.39 is 0 Å². The quantitative estimate of drug-likeness (QED) is 0.386. The van der Waals surface area contributed by atoms with Crippen LogP contribution in [0.25, 0.3) is 6.08 Å². The molecule has 3 nitrogen and oxygen atoms in total. The third-order valence-corrected chi connectivity index (χ3v) is 5.72. The maximum absolute atomic E-state index is 8.10. The first kappa shape index (κ1) is 17.7. The van der Waals surface area contributed by atoms with E-state index in [2.05, 4.69) is 59.7 Å². The van der Waals surface area contributed by atoms with Gasteiger partial charge in [-0.05, 0) is 60.2 Å². The number of amidine groups is 1. The van der Waals surface area contributed by atoms with Crippen LogP contribution < -0.4 is 10.2 Å². The molecule has 0 bridgehead atoms. The largest absolute Gasteiger partial charge is 0.343 e. The Morgan fingerprint density at radius 2 is 1.74 bits per heavy atom. The van der Waals surface area contributed by atoms with Crippen LogP contribution in [0.4, 0.5) is 17.1 Å². The molecule has 27 heavy (non-hydrogen) atoms. The highest BCUT2D eigenvalue weighted by molar-refractivity contribution is 7.99. The molecule has 0 amide bonds. The Kier molecular flexibility index (Phi) is 4.92. The number of nitrogens with one attached hydrogen (secondary N) is 2. The summed E-state index contributed by atoms with van der Waals surface area (Å²) in [6.07, 6.45) is 3.72. The minimum absolute atomic E-state index is 0.324. The average molecular weight is 392 g/mol. The molecule has 0 atom stereocenters. The molecule has 0 saturated carbocycles. The Morgan fingerprint density at radius 1 is 1.00 bits per heavy atom. The van der Waals surface area contributed by atoms with Gasteiger partial charge in [0.1, 0.15) is 5.84 Å². The summed E-state index contributed by atoms with van der Waals surface area (Å²) >= 11 is 7.67. The number of fused-ring (bicyclic) bond motifs is 2. The Bertz CT molecular complexity index is 1030.